The molecule has 2 heterocycles. The van der Waals surface area contributed by atoms with Gasteiger partial charge >= 0.3 is 0 Å². The minimum absolute atomic E-state index is 0.479. The monoisotopic (exact) mass is 450 g/mol. The van der Waals surface area contributed by atoms with E-state index in [1.807, 2.05) is 10.3 Å². The molecule has 0 aromatic rings. The number of hydrogen-bond acceptors (Lipinski definition) is 2. The van der Waals surface area contributed by atoms with Crippen LogP contribution in [-0.2, 0) is 0 Å². The van der Waals surface area contributed by atoms with Crippen LogP contribution >= 0.6 is 23.5 Å². The molecule has 0 nitrogen and oxygen atoms in total. The molecule has 0 N–H and O–H groups in total. The van der Waals surface area contributed by atoms with E-state index in [2.05, 4.69) is 74.2 Å². The van der Waals surface area contributed by atoms with Crippen molar-refractivity contribution < 1.29 is 0 Å². The van der Waals surface area contributed by atoms with Crippen LogP contribution in [0.25, 0.3) is 0 Å². The fraction of sp³-hybridized carbons (Fsp3) is 0.750. The van der Waals surface area contributed by atoms with Crippen molar-refractivity contribution in [1.82, 2.24) is 0 Å². The maximum Gasteiger partial charge on any atom is 0.0451 e. The molecule has 28 heavy (non-hydrogen) atoms. The highest BCUT2D eigenvalue weighted by molar-refractivity contribution is 8.08. The molecule has 0 radical (unpaired) electrons. The van der Waals surface area contributed by atoms with E-state index in [-0.39, 0.29) is 0 Å². The van der Waals surface area contributed by atoms with Gasteiger partial charge in [0.05, 0.1) is 0 Å². The SMILES string of the molecule is CCCCC(CC)C[SiH]=C1C=CSC1C1SC=CC1=[SiH]CC(CC)CCCC. The van der Waals surface area contributed by atoms with Crippen molar-refractivity contribution >= 4 is 52.1 Å². The van der Waals surface area contributed by atoms with E-state index in [0.29, 0.717) is 18.3 Å². The number of allylic oxidation sites excluding steroid dienone is 2. The number of thioether (sulfide) groups is 2. The standard InChI is InChI=1S/C24H42S2Si2/c1-5-9-11-19(7-3)17-27-21-13-15-25-23(21)24-22(14-16-26-24)28-18-20(8-4)12-10-6-2/h13-16,19-20,23-24,27-28H,5-12,17-18H2,1-4H3. The van der Waals surface area contributed by atoms with Crippen molar-refractivity contribution in [3.05, 3.63) is 23.0 Å². The van der Waals surface area contributed by atoms with E-state index in [1.54, 1.807) is 0 Å². The summed E-state index contributed by atoms with van der Waals surface area (Å²) in [6.45, 7) is 9.46. The first kappa shape index (κ1) is 24.6. The van der Waals surface area contributed by atoms with Crippen LogP contribution in [0.15, 0.2) is 23.0 Å². The van der Waals surface area contributed by atoms with Crippen LogP contribution < -0.4 is 0 Å². The highest BCUT2D eigenvalue weighted by Gasteiger charge is 2.30. The van der Waals surface area contributed by atoms with E-state index in [0.717, 1.165) is 22.3 Å². The number of unbranched alkanes of at least 4 members (excludes halogenated alkanes) is 2. The molecule has 0 aromatic heterocycles. The molecule has 0 spiro atoms. The largest absolute Gasteiger partial charge is 0.125 e. The van der Waals surface area contributed by atoms with Gasteiger partial charge in [-0.25, -0.2) is 0 Å². The minimum atomic E-state index is 0.479. The summed E-state index contributed by atoms with van der Waals surface area (Å²) in [5, 5.41) is 9.94. The third-order valence-electron chi connectivity index (χ3n) is 6.36. The van der Waals surface area contributed by atoms with Gasteiger partial charge in [-0.3, -0.25) is 0 Å². The van der Waals surface area contributed by atoms with E-state index in [4.69, 9.17) is 0 Å². The van der Waals surface area contributed by atoms with Crippen LogP contribution in [0.5, 0.6) is 0 Å². The summed E-state index contributed by atoms with van der Waals surface area (Å²) < 4.78 is 0. The molecule has 4 atom stereocenters. The average Bonchev–Trinajstić information content (AvgIpc) is 3.37. The maximum atomic E-state index is 2.50. The van der Waals surface area contributed by atoms with Gasteiger partial charge < -0.3 is 0 Å². The van der Waals surface area contributed by atoms with Gasteiger partial charge in [-0.1, -0.05) is 102 Å². The molecule has 4 unspecified atom stereocenters. The van der Waals surface area contributed by atoms with E-state index in [1.165, 1.54) is 63.5 Å². The van der Waals surface area contributed by atoms with Crippen molar-refractivity contribution in [2.75, 3.05) is 0 Å². The van der Waals surface area contributed by atoms with Crippen LogP contribution in [0.2, 0.25) is 12.1 Å². The van der Waals surface area contributed by atoms with Gasteiger partial charge in [0.25, 0.3) is 0 Å². The predicted octanol–water partition coefficient (Wildman–Crippen LogP) is 6.73. The lowest BCUT2D eigenvalue weighted by atomic mass is 10.0. The molecule has 2 aliphatic rings. The Morgan fingerprint density at radius 1 is 0.750 bits per heavy atom. The first-order valence-corrected chi connectivity index (χ1v) is 16.4. The van der Waals surface area contributed by atoms with Gasteiger partial charge in [0.15, 0.2) is 0 Å². The fourth-order valence-electron chi connectivity index (χ4n) is 4.18. The molecular formula is C24H42S2Si2. The average molecular weight is 451 g/mol. The fourth-order valence-corrected chi connectivity index (χ4v) is 11.7. The zero-order valence-electron chi connectivity index (χ0n) is 18.7. The van der Waals surface area contributed by atoms with Crippen molar-refractivity contribution in [3.8, 4) is 0 Å². The highest BCUT2D eigenvalue weighted by atomic mass is 32.2. The smallest absolute Gasteiger partial charge is 0.0451 e. The van der Waals surface area contributed by atoms with Crippen molar-refractivity contribution in [3.63, 3.8) is 0 Å². The van der Waals surface area contributed by atoms with Crippen molar-refractivity contribution in [2.24, 2.45) is 11.8 Å². The Bertz CT molecular complexity index is 515. The third-order valence-corrected chi connectivity index (χ3v) is 13.1. The zero-order valence-corrected chi connectivity index (χ0v) is 22.6. The molecule has 0 amide bonds. The van der Waals surface area contributed by atoms with Crippen LogP contribution in [-0.4, -0.2) is 39.1 Å². The molecular weight excluding hydrogens is 409 g/mol. The molecule has 4 heteroatoms. The third kappa shape index (κ3) is 7.88. The second kappa shape index (κ2) is 14.4. The Hall–Kier alpha value is 0.354. The molecule has 0 bridgehead atoms. The van der Waals surface area contributed by atoms with E-state index < -0.39 is 0 Å². The molecule has 0 aromatic carbocycles. The molecule has 0 saturated heterocycles. The molecule has 2 rings (SSSR count). The summed E-state index contributed by atoms with van der Waals surface area (Å²) >= 11 is 4.23. The lowest BCUT2D eigenvalue weighted by Crippen LogP contribution is -2.33. The maximum absolute atomic E-state index is 2.50. The summed E-state index contributed by atoms with van der Waals surface area (Å²) in [4.78, 5) is 0. The molecule has 0 aliphatic carbocycles. The van der Waals surface area contributed by atoms with Crippen LogP contribution in [0.3, 0.4) is 0 Å². The number of rotatable bonds is 13. The Kier molecular flexibility index (Phi) is 12.6. The van der Waals surface area contributed by atoms with Crippen LogP contribution in [0, 0.1) is 11.8 Å². The Labute approximate surface area is 188 Å². The second-order valence-corrected chi connectivity index (χ2v) is 13.6. The van der Waals surface area contributed by atoms with E-state index >= 15 is 0 Å². The first-order chi connectivity index (χ1) is 13.7. The van der Waals surface area contributed by atoms with Gasteiger partial charge in [-0.05, 0) is 53.0 Å². The van der Waals surface area contributed by atoms with Gasteiger partial charge in [-0.15, -0.1) is 23.5 Å². The summed E-state index contributed by atoms with van der Waals surface area (Å²) in [7, 11) is 0.958. The minimum Gasteiger partial charge on any atom is -0.125 e. The van der Waals surface area contributed by atoms with Crippen molar-refractivity contribution in [2.45, 2.75) is 102 Å². The second-order valence-electron chi connectivity index (χ2n) is 8.43. The quantitative estimate of drug-likeness (QED) is 0.285. The predicted molar refractivity (Wildman–Crippen MR) is 142 cm³/mol. The lowest BCUT2D eigenvalue weighted by molar-refractivity contribution is 0.491. The Balaban J connectivity index is 1.98. The molecule has 0 saturated carbocycles. The Morgan fingerprint density at radius 2 is 1.18 bits per heavy atom. The van der Waals surface area contributed by atoms with Gasteiger partial charge in [0.2, 0.25) is 0 Å². The summed E-state index contributed by atoms with van der Waals surface area (Å²) in [5.41, 5.74) is 0. The topological polar surface area (TPSA) is 0 Å². The summed E-state index contributed by atoms with van der Waals surface area (Å²) in [6, 6.07) is 2.96. The molecule has 0 fully saturated rings. The van der Waals surface area contributed by atoms with Gasteiger partial charge in [0, 0.05) is 10.5 Å². The first-order valence-electron chi connectivity index (χ1n) is 11.8. The molecule has 158 valence electrons. The highest BCUT2D eigenvalue weighted by Crippen LogP contribution is 2.36. The van der Waals surface area contributed by atoms with Crippen LogP contribution in [0.1, 0.15) is 79.1 Å². The zero-order chi connectivity index (χ0) is 20.2. The number of hydrogen-bond donors (Lipinski definition) is 0. The molecule has 2 aliphatic heterocycles. The van der Waals surface area contributed by atoms with E-state index in [9.17, 15) is 0 Å². The van der Waals surface area contributed by atoms with Gasteiger partial charge in [0.1, 0.15) is 0 Å². The normalized spacial score (nSPS) is 26.6. The van der Waals surface area contributed by atoms with Crippen molar-refractivity contribution in [1.29, 1.82) is 0 Å². The Morgan fingerprint density at radius 3 is 1.54 bits per heavy atom. The summed E-state index contributed by atoms with van der Waals surface area (Å²) in [6.07, 6.45) is 16.2. The summed E-state index contributed by atoms with van der Waals surface area (Å²) in [5.74, 6) is 1.93. The van der Waals surface area contributed by atoms with Gasteiger partial charge in [-0.2, -0.15) is 0 Å². The lowest BCUT2D eigenvalue weighted by Gasteiger charge is -2.22. The van der Waals surface area contributed by atoms with Crippen LogP contribution in [0.4, 0.5) is 0 Å².